The van der Waals surface area contributed by atoms with Gasteiger partial charge in [-0.05, 0) is 130 Å². The minimum absolute atomic E-state index is 0.540. The number of aromatic nitrogens is 1. The molecule has 0 bridgehead atoms. The van der Waals surface area contributed by atoms with Crippen LogP contribution in [0.25, 0.3) is 49.5 Å². The summed E-state index contributed by atoms with van der Waals surface area (Å²) in [4.78, 5) is 14.2. The number of rotatable bonds is 7. The van der Waals surface area contributed by atoms with Gasteiger partial charge in [-0.1, -0.05) is 97.6 Å². The van der Waals surface area contributed by atoms with Crippen molar-refractivity contribution >= 4 is 38.8 Å². The molecule has 4 nitrogen and oxygen atoms in total. The number of nitrogens with zero attached hydrogens (tertiary/aromatic N) is 3. The van der Waals surface area contributed by atoms with Gasteiger partial charge in [0.25, 0.3) is 0 Å². The molecule has 0 atom stereocenters. The van der Waals surface area contributed by atoms with Crippen molar-refractivity contribution in [1.29, 1.82) is 0 Å². The second-order valence-corrected chi connectivity index (χ2v) is 12.5. The molecule has 6 aromatic rings. The van der Waals surface area contributed by atoms with E-state index >= 15 is 0 Å². The molecule has 5 aromatic carbocycles. The summed E-state index contributed by atoms with van der Waals surface area (Å²) in [6.07, 6.45) is 13.6. The molecule has 1 heterocycles. The van der Waals surface area contributed by atoms with Gasteiger partial charge in [-0.2, -0.15) is 0 Å². The number of allylic oxidation sites excluding steroid dienone is 1. The number of pyridine rings is 1. The van der Waals surface area contributed by atoms with Crippen molar-refractivity contribution < 1.29 is 0 Å². The van der Waals surface area contributed by atoms with E-state index in [0.29, 0.717) is 11.5 Å². The Balaban J connectivity index is 1.35. The first-order valence-electron chi connectivity index (χ1n) is 17.0. The first-order chi connectivity index (χ1) is 24.1. The highest BCUT2D eigenvalue weighted by atomic mass is 14.9. The normalized spacial score (nSPS) is 14.0. The first kappa shape index (κ1) is 31.7. The Labute approximate surface area is 288 Å². The van der Waals surface area contributed by atoms with Crippen molar-refractivity contribution in [2.45, 2.75) is 39.5 Å². The third-order valence-electron chi connectivity index (χ3n) is 9.58. The van der Waals surface area contributed by atoms with E-state index in [0.717, 1.165) is 46.4 Å². The summed E-state index contributed by atoms with van der Waals surface area (Å²) in [5, 5.41) is 5.47. The molecule has 1 aliphatic rings. The molecular weight excluding hydrogens is 597 g/mol. The maximum absolute atomic E-state index is 5.84. The van der Waals surface area contributed by atoms with E-state index in [1.165, 1.54) is 62.8 Å². The summed E-state index contributed by atoms with van der Waals surface area (Å²) < 4.78 is 0. The second-order valence-electron chi connectivity index (χ2n) is 12.5. The lowest BCUT2D eigenvalue weighted by molar-refractivity contribution is 0.694. The van der Waals surface area contributed by atoms with Crippen molar-refractivity contribution in [1.82, 2.24) is 4.98 Å². The smallest absolute Gasteiger partial charge is 0.159 e. The Morgan fingerprint density at radius 1 is 0.714 bits per heavy atom. The van der Waals surface area contributed by atoms with Gasteiger partial charge in [0.15, 0.2) is 5.84 Å². The van der Waals surface area contributed by atoms with Crippen LogP contribution in [-0.2, 0) is 12.8 Å². The maximum Gasteiger partial charge on any atom is 0.159 e. The fourth-order valence-electron chi connectivity index (χ4n) is 7.18. The molecule has 0 unspecified atom stereocenters. The summed E-state index contributed by atoms with van der Waals surface area (Å²) in [6.45, 7) is 8.41. The van der Waals surface area contributed by atoms with Crippen LogP contribution >= 0.6 is 0 Å². The van der Waals surface area contributed by atoms with E-state index in [4.69, 9.17) is 15.7 Å². The van der Waals surface area contributed by atoms with E-state index in [-0.39, 0.29) is 0 Å². The summed E-state index contributed by atoms with van der Waals surface area (Å²) in [5.41, 5.74) is 17.6. The van der Waals surface area contributed by atoms with E-state index in [9.17, 15) is 0 Å². The molecule has 0 fully saturated rings. The lowest BCUT2D eigenvalue weighted by Gasteiger charge is -2.22. The van der Waals surface area contributed by atoms with Gasteiger partial charge in [-0.3, -0.25) is 4.98 Å². The third-order valence-corrected chi connectivity index (χ3v) is 9.58. The quantitative estimate of drug-likeness (QED) is 0.0820. The Hall–Kier alpha value is -5.87. The molecule has 0 spiro atoms. The Kier molecular flexibility index (Phi) is 9.12. The number of aliphatic imine (C=N–C) groups is 2. The van der Waals surface area contributed by atoms with Crippen LogP contribution in [0.15, 0.2) is 156 Å². The highest BCUT2D eigenvalue weighted by molar-refractivity contribution is 6.14. The first-order valence-corrected chi connectivity index (χ1v) is 17.0. The van der Waals surface area contributed by atoms with E-state index in [1.54, 1.807) is 12.4 Å². The average molecular weight is 637 g/mol. The molecule has 0 saturated carbocycles. The van der Waals surface area contributed by atoms with Crippen molar-refractivity contribution in [2.75, 3.05) is 0 Å². The van der Waals surface area contributed by atoms with Crippen LogP contribution in [0.1, 0.15) is 48.9 Å². The van der Waals surface area contributed by atoms with Crippen molar-refractivity contribution in [3.8, 4) is 22.3 Å². The van der Waals surface area contributed by atoms with E-state index < -0.39 is 0 Å². The highest BCUT2D eigenvalue weighted by Gasteiger charge is 2.19. The number of benzene rings is 5. The monoisotopic (exact) mass is 636 g/mol. The van der Waals surface area contributed by atoms with Gasteiger partial charge in [-0.15, -0.1) is 0 Å². The number of nitrogens with two attached hydrogens (primary N) is 1. The fourth-order valence-corrected chi connectivity index (χ4v) is 7.18. The fraction of sp³-hybridized carbons (Fsp3) is 0.133. The average Bonchev–Trinajstić information content (AvgIpc) is 3.17. The van der Waals surface area contributed by atoms with Crippen molar-refractivity contribution in [2.24, 2.45) is 15.7 Å². The summed E-state index contributed by atoms with van der Waals surface area (Å²) in [6, 6.07) is 36.9. The summed E-state index contributed by atoms with van der Waals surface area (Å²) in [7, 11) is 0. The van der Waals surface area contributed by atoms with E-state index in [2.05, 4.69) is 96.5 Å². The van der Waals surface area contributed by atoms with E-state index in [1.807, 2.05) is 44.2 Å². The largest absolute Gasteiger partial charge is 0.405 e. The molecule has 240 valence electrons. The zero-order valence-corrected chi connectivity index (χ0v) is 28.2. The molecule has 0 radical (unpaired) electrons. The number of fused-ring (bicyclic) bond motifs is 6. The van der Waals surface area contributed by atoms with Crippen LogP contribution in [0.5, 0.6) is 0 Å². The lowest BCUT2D eigenvalue weighted by Crippen LogP contribution is -2.05. The predicted octanol–water partition coefficient (Wildman–Crippen LogP) is 10.9. The number of amidine groups is 1. The Morgan fingerprint density at radius 2 is 1.35 bits per heavy atom. The van der Waals surface area contributed by atoms with Gasteiger partial charge in [0.05, 0.1) is 5.70 Å². The second kappa shape index (κ2) is 14.1. The third kappa shape index (κ3) is 6.26. The van der Waals surface area contributed by atoms with Crippen LogP contribution in [0.3, 0.4) is 0 Å². The van der Waals surface area contributed by atoms with Gasteiger partial charge in [0.2, 0.25) is 0 Å². The lowest BCUT2D eigenvalue weighted by atomic mass is 9.82. The topological polar surface area (TPSA) is 63.6 Å². The summed E-state index contributed by atoms with van der Waals surface area (Å²) >= 11 is 0. The molecule has 7 rings (SSSR count). The van der Waals surface area contributed by atoms with Crippen LogP contribution in [0.2, 0.25) is 0 Å². The minimum atomic E-state index is 0.540. The minimum Gasteiger partial charge on any atom is -0.405 e. The number of aryl methyl sites for hydroxylation is 2. The van der Waals surface area contributed by atoms with Crippen LogP contribution in [0.4, 0.5) is 0 Å². The van der Waals surface area contributed by atoms with Gasteiger partial charge in [0, 0.05) is 29.2 Å². The van der Waals surface area contributed by atoms with Gasteiger partial charge in [0.1, 0.15) is 0 Å². The van der Waals surface area contributed by atoms with Crippen molar-refractivity contribution in [3.63, 3.8) is 0 Å². The van der Waals surface area contributed by atoms with Crippen LogP contribution in [0, 0.1) is 0 Å². The van der Waals surface area contributed by atoms with Crippen LogP contribution in [-0.4, -0.2) is 16.5 Å². The van der Waals surface area contributed by atoms with Gasteiger partial charge >= 0.3 is 0 Å². The molecule has 2 N–H and O–H groups in total. The molecule has 4 heteroatoms. The van der Waals surface area contributed by atoms with Gasteiger partial charge in [-0.25, -0.2) is 9.98 Å². The molecule has 0 saturated heterocycles. The maximum atomic E-state index is 5.84. The highest BCUT2D eigenvalue weighted by Crippen LogP contribution is 2.41. The molecule has 1 aliphatic carbocycles. The molecule has 0 amide bonds. The zero-order valence-electron chi connectivity index (χ0n) is 28.2. The van der Waals surface area contributed by atoms with Gasteiger partial charge < -0.3 is 5.73 Å². The van der Waals surface area contributed by atoms with Crippen LogP contribution < -0.4 is 5.73 Å². The SMILES string of the molecule is C=C(/N=C(\N=C(/C)c1ccncc1)C(/C=C\N)=C/C)c1ccccc1-c1ccccc1-c1ccc2c(c1)c1c(c3ccccc32)CCCC1. The molecular formula is C45H40N4. The molecule has 0 aliphatic heterocycles. The predicted molar refractivity (Wildman–Crippen MR) is 209 cm³/mol. The number of hydrogen-bond donors (Lipinski definition) is 1. The standard InChI is InChI=1S/C45H40N4/c1-4-32(23-26-46)45(48-30(2)33-24-27-47-28-25-33)49-31(3)35-13-5-7-15-37(35)38-16-8-6-14-36(38)34-21-22-43-41-19-10-9-17-39(41)40-18-11-12-20-42(40)44(43)29-34/h4-10,13-17,19,21-29H,3,11-12,18,20,46H2,1-2H3/b26-23-,32-4+,48-30+,49-45-. The summed E-state index contributed by atoms with van der Waals surface area (Å²) in [5.74, 6) is 0.540. The Bertz CT molecular complexity index is 2320. The Morgan fingerprint density at radius 3 is 2.08 bits per heavy atom. The molecule has 1 aromatic heterocycles. The molecule has 49 heavy (non-hydrogen) atoms. The number of hydrogen-bond acceptors (Lipinski definition) is 3. The zero-order chi connectivity index (χ0) is 33.7. The van der Waals surface area contributed by atoms with Crippen molar-refractivity contribution in [3.05, 3.63) is 168 Å².